The third-order valence-electron chi connectivity index (χ3n) is 3.55. The molecule has 1 N–H and O–H groups in total. The number of hydrogen-bond acceptors (Lipinski definition) is 2. The first-order chi connectivity index (χ1) is 8.56. The Labute approximate surface area is 113 Å². The molecule has 3 heteroatoms. The van der Waals surface area contributed by atoms with Crippen LogP contribution in [0.1, 0.15) is 48.5 Å². The molecule has 1 saturated carbocycles. The first kappa shape index (κ1) is 13.5. The number of carbonyl (C=O) groups is 1. The molecule has 0 heterocycles. The summed E-state index contributed by atoms with van der Waals surface area (Å²) in [5, 5.41) is 9.84. The zero-order chi connectivity index (χ0) is 13.1. The number of rotatable bonds is 3. The fraction of sp³-hybridized carbons (Fsp3) is 0.533. The van der Waals surface area contributed by atoms with Gasteiger partial charge in [-0.15, -0.1) is 11.8 Å². The number of benzene rings is 1. The van der Waals surface area contributed by atoms with Crippen LogP contribution >= 0.6 is 11.8 Å². The largest absolute Gasteiger partial charge is 0.478 e. The summed E-state index contributed by atoms with van der Waals surface area (Å²) in [5.74, 6) is -0.0416. The lowest BCUT2D eigenvalue weighted by Crippen LogP contribution is -2.15. The second-order valence-electron chi connectivity index (χ2n) is 5.32. The highest BCUT2D eigenvalue weighted by molar-refractivity contribution is 8.00. The molecule has 0 spiro atoms. The van der Waals surface area contributed by atoms with Crippen molar-refractivity contribution in [3.05, 3.63) is 29.3 Å². The van der Waals surface area contributed by atoms with Gasteiger partial charge >= 0.3 is 5.97 Å². The van der Waals surface area contributed by atoms with Crippen molar-refractivity contribution in [2.45, 2.75) is 49.7 Å². The minimum absolute atomic E-state index is 0.457. The van der Waals surface area contributed by atoms with E-state index < -0.39 is 5.97 Å². The number of hydrogen-bond donors (Lipinski definition) is 1. The van der Waals surface area contributed by atoms with Crippen LogP contribution in [0.4, 0.5) is 0 Å². The van der Waals surface area contributed by atoms with Crippen LogP contribution in [-0.4, -0.2) is 16.3 Å². The molecule has 0 aliphatic heterocycles. The van der Waals surface area contributed by atoms with Gasteiger partial charge in [0.25, 0.3) is 0 Å². The second-order valence-corrected chi connectivity index (χ2v) is 6.66. The maximum atomic E-state index is 11.3. The summed E-state index contributed by atoms with van der Waals surface area (Å²) in [5.41, 5.74) is 1.46. The number of aryl methyl sites for hydroxylation is 1. The van der Waals surface area contributed by atoms with Crippen LogP contribution < -0.4 is 0 Å². The third-order valence-corrected chi connectivity index (χ3v) is 4.92. The first-order valence-electron chi connectivity index (χ1n) is 6.57. The SMILES string of the molecule is Cc1ccc(SC2CCCC(C)C2)c(C(=O)O)c1. The highest BCUT2D eigenvalue weighted by atomic mass is 32.2. The molecule has 0 amide bonds. The smallest absolute Gasteiger partial charge is 0.336 e. The highest BCUT2D eigenvalue weighted by Crippen LogP contribution is 2.37. The van der Waals surface area contributed by atoms with Crippen LogP contribution in [0.15, 0.2) is 23.1 Å². The number of carboxylic acid groups (broad SMARTS) is 1. The van der Waals surface area contributed by atoms with Gasteiger partial charge in [0.2, 0.25) is 0 Å². The fourth-order valence-electron chi connectivity index (χ4n) is 2.58. The van der Waals surface area contributed by atoms with Crippen LogP contribution in [0.2, 0.25) is 0 Å². The van der Waals surface area contributed by atoms with Gasteiger partial charge < -0.3 is 5.11 Å². The first-order valence-corrected chi connectivity index (χ1v) is 7.45. The minimum Gasteiger partial charge on any atom is -0.478 e. The Balaban J connectivity index is 2.15. The number of carboxylic acids is 1. The summed E-state index contributed by atoms with van der Waals surface area (Å²) in [6, 6.07) is 5.74. The normalized spacial score (nSPS) is 23.9. The standard InChI is InChI=1S/C15H20O2S/c1-10-4-3-5-12(8-10)18-14-7-6-11(2)9-13(14)15(16)17/h6-7,9-10,12H,3-5,8H2,1-2H3,(H,16,17). The topological polar surface area (TPSA) is 37.3 Å². The minimum atomic E-state index is -0.815. The predicted octanol–water partition coefficient (Wildman–Crippen LogP) is 4.36. The zero-order valence-corrected chi connectivity index (χ0v) is 11.8. The van der Waals surface area contributed by atoms with Crippen molar-refractivity contribution in [3.8, 4) is 0 Å². The van der Waals surface area contributed by atoms with Crippen molar-refractivity contribution < 1.29 is 9.90 Å². The molecule has 1 aromatic rings. The van der Waals surface area contributed by atoms with Crippen molar-refractivity contribution >= 4 is 17.7 Å². The van der Waals surface area contributed by atoms with E-state index in [4.69, 9.17) is 0 Å². The van der Waals surface area contributed by atoms with E-state index in [9.17, 15) is 9.90 Å². The van der Waals surface area contributed by atoms with Crippen LogP contribution in [-0.2, 0) is 0 Å². The molecular weight excluding hydrogens is 244 g/mol. The van der Waals surface area contributed by atoms with Crippen molar-refractivity contribution in [3.63, 3.8) is 0 Å². The van der Waals surface area contributed by atoms with Gasteiger partial charge in [-0.3, -0.25) is 0 Å². The predicted molar refractivity (Wildman–Crippen MR) is 75.4 cm³/mol. The van der Waals surface area contributed by atoms with E-state index in [0.29, 0.717) is 10.8 Å². The summed E-state index contributed by atoms with van der Waals surface area (Å²) < 4.78 is 0. The summed E-state index contributed by atoms with van der Waals surface area (Å²) >= 11 is 1.75. The Kier molecular flexibility index (Phi) is 4.33. The van der Waals surface area contributed by atoms with Crippen molar-refractivity contribution in [1.82, 2.24) is 0 Å². The molecule has 1 fully saturated rings. The van der Waals surface area contributed by atoms with Crippen LogP contribution in [0, 0.1) is 12.8 Å². The summed E-state index contributed by atoms with van der Waals surface area (Å²) in [6.45, 7) is 4.23. The molecule has 2 atom stereocenters. The summed E-state index contributed by atoms with van der Waals surface area (Å²) in [7, 11) is 0. The van der Waals surface area contributed by atoms with Gasteiger partial charge in [0.05, 0.1) is 5.56 Å². The average molecular weight is 264 g/mol. The maximum Gasteiger partial charge on any atom is 0.336 e. The molecular formula is C15H20O2S. The Bertz CT molecular complexity index is 442. The lowest BCUT2D eigenvalue weighted by atomic mass is 9.91. The molecule has 1 aliphatic carbocycles. The molecule has 98 valence electrons. The molecule has 2 unspecified atom stereocenters. The van der Waals surface area contributed by atoms with Gasteiger partial charge in [0.15, 0.2) is 0 Å². The van der Waals surface area contributed by atoms with Crippen molar-refractivity contribution in [2.24, 2.45) is 5.92 Å². The molecule has 0 bridgehead atoms. The molecule has 2 rings (SSSR count). The van der Waals surface area contributed by atoms with E-state index in [1.165, 1.54) is 25.7 Å². The number of aromatic carboxylic acids is 1. The monoisotopic (exact) mass is 264 g/mol. The molecule has 18 heavy (non-hydrogen) atoms. The van der Waals surface area contributed by atoms with Crippen molar-refractivity contribution in [1.29, 1.82) is 0 Å². The van der Waals surface area contributed by atoms with Crippen LogP contribution in [0.3, 0.4) is 0 Å². The van der Waals surface area contributed by atoms with Gasteiger partial charge in [0.1, 0.15) is 0 Å². The van der Waals surface area contributed by atoms with E-state index in [2.05, 4.69) is 6.92 Å². The molecule has 1 aliphatic rings. The van der Waals surface area contributed by atoms with Gasteiger partial charge in [-0.25, -0.2) is 4.79 Å². The van der Waals surface area contributed by atoms with E-state index in [1.807, 2.05) is 19.1 Å². The van der Waals surface area contributed by atoms with E-state index >= 15 is 0 Å². The van der Waals surface area contributed by atoms with Crippen LogP contribution in [0.5, 0.6) is 0 Å². The second kappa shape index (κ2) is 5.79. The van der Waals surface area contributed by atoms with Gasteiger partial charge in [-0.05, 0) is 37.8 Å². The molecule has 1 aromatic carbocycles. The van der Waals surface area contributed by atoms with Gasteiger partial charge in [-0.2, -0.15) is 0 Å². The quantitative estimate of drug-likeness (QED) is 0.881. The zero-order valence-electron chi connectivity index (χ0n) is 11.0. The lowest BCUT2D eigenvalue weighted by Gasteiger charge is -2.26. The Morgan fingerprint density at radius 2 is 2.17 bits per heavy atom. The van der Waals surface area contributed by atoms with Gasteiger partial charge in [-0.1, -0.05) is 31.4 Å². The van der Waals surface area contributed by atoms with Crippen molar-refractivity contribution in [2.75, 3.05) is 0 Å². The molecule has 0 saturated heterocycles. The molecule has 0 aromatic heterocycles. The molecule has 2 nitrogen and oxygen atoms in total. The molecule has 0 radical (unpaired) electrons. The number of thioether (sulfide) groups is 1. The van der Waals surface area contributed by atoms with Gasteiger partial charge in [0, 0.05) is 10.1 Å². The fourth-order valence-corrected chi connectivity index (χ4v) is 4.07. The Hall–Kier alpha value is -0.960. The summed E-state index contributed by atoms with van der Waals surface area (Å²) in [4.78, 5) is 12.2. The van der Waals surface area contributed by atoms with E-state index in [1.54, 1.807) is 17.8 Å². The van der Waals surface area contributed by atoms with E-state index in [-0.39, 0.29) is 0 Å². The van der Waals surface area contributed by atoms with E-state index in [0.717, 1.165) is 16.4 Å². The average Bonchev–Trinajstić information content (AvgIpc) is 2.31. The third kappa shape index (κ3) is 3.29. The Morgan fingerprint density at radius 3 is 2.83 bits per heavy atom. The van der Waals surface area contributed by atoms with Crippen LogP contribution in [0.25, 0.3) is 0 Å². The highest BCUT2D eigenvalue weighted by Gasteiger charge is 2.21. The lowest BCUT2D eigenvalue weighted by molar-refractivity contribution is 0.0693. The summed E-state index contributed by atoms with van der Waals surface area (Å²) in [6.07, 6.45) is 5.00. The maximum absolute atomic E-state index is 11.3. The Morgan fingerprint density at radius 1 is 1.39 bits per heavy atom.